The maximum Gasteiger partial charge on any atom is 0.276 e. The summed E-state index contributed by atoms with van der Waals surface area (Å²) in [5.41, 5.74) is 0.944. The van der Waals surface area contributed by atoms with Gasteiger partial charge < -0.3 is 19.9 Å². The predicted octanol–water partition coefficient (Wildman–Crippen LogP) is 1.49. The smallest absolute Gasteiger partial charge is 0.276 e. The van der Waals surface area contributed by atoms with Gasteiger partial charge in [0.2, 0.25) is 0 Å². The number of methoxy groups -OCH3 is 1. The van der Waals surface area contributed by atoms with Gasteiger partial charge in [-0.2, -0.15) is 0 Å². The van der Waals surface area contributed by atoms with Crippen molar-refractivity contribution in [3.05, 3.63) is 42.1 Å². The van der Waals surface area contributed by atoms with E-state index in [1.807, 2.05) is 18.2 Å². The first kappa shape index (κ1) is 16.2. The minimum atomic E-state index is -0.291. The second kappa shape index (κ2) is 7.27. The van der Waals surface area contributed by atoms with Crippen LogP contribution in [0.5, 0.6) is 5.75 Å². The van der Waals surface area contributed by atoms with E-state index in [2.05, 4.69) is 32.4 Å². The number of nitrogens with zero attached hydrogens (tertiary/aromatic N) is 4. The van der Waals surface area contributed by atoms with Gasteiger partial charge in [-0.15, -0.1) is 10.2 Å². The summed E-state index contributed by atoms with van der Waals surface area (Å²) in [5, 5.41) is 11.1. The number of rotatable bonds is 4. The number of ether oxygens (including phenoxy) is 1. The molecule has 0 atom stereocenters. The van der Waals surface area contributed by atoms with Crippen molar-refractivity contribution in [1.29, 1.82) is 0 Å². The Morgan fingerprint density at radius 3 is 2.58 bits per heavy atom. The fourth-order valence-corrected chi connectivity index (χ4v) is 2.55. The first-order valence-corrected chi connectivity index (χ1v) is 7.88. The molecule has 1 aromatic heterocycles. The van der Waals surface area contributed by atoms with Gasteiger partial charge in [-0.1, -0.05) is 6.07 Å². The van der Waals surface area contributed by atoms with Crippen LogP contribution in [0.1, 0.15) is 10.5 Å². The number of benzene rings is 1. The Bertz CT molecular complexity index is 696. The van der Waals surface area contributed by atoms with Crippen LogP contribution in [-0.4, -0.2) is 61.3 Å². The monoisotopic (exact) mass is 327 g/mol. The summed E-state index contributed by atoms with van der Waals surface area (Å²) >= 11 is 0. The van der Waals surface area contributed by atoms with Crippen LogP contribution in [0.25, 0.3) is 0 Å². The van der Waals surface area contributed by atoms with E-state index in [1.54, 1.807) is 25.3 Å². The Kier molecular flexibility index (Phi) is 4.90. The number of carbonyl (C=O) groups is 1. The molecule has 1 aliphatic rings. The van der Waals surface area contributed by atoms with E-state index in [1.165, 1.54) is 0 Å². The van der Waals surface area contributed by atoms with E-state index in [9.17, 15) is 4.79 Å². The second-order valence-corrected chi connectivity index (χ2v) is 5.75. The van der Waals surface area contributed by atoms with Crippen molar-refractivity contribution in [2.45, 2.75) is 0 Å². The Labute approximate surface area is 141 Å². The number of hydrogen-bond acceptors (Lipinski definition) is 6. The molecule has 0 bridgehead atoms. The highest BCUT2D eigenvalue weighted by molar-refractivity contribution is 6.02. The topological polar surface area (TPSA) is 70.6 Å². The van der Waals surface area contributed by atoms with Gasteiger partial charge in [0.25, 0.3) is 5.91 Å². The van der Waals surface area contributed by atoms with Crippen molar-refractivity contribution in [3.8, 4) is 5.75 Å². The van der Waals surface area contributed by atoms with Gasteiger partial charge in [-0.3, -0.25) is 4.79 Å². The standard InChI is InChI=1S/C17H21N5O2/c1-21-8-10-22(11-9-21)16-7-6-15(19-20-16)17(23)18-13-4-3-5-14(12-13)24-2/h3-7,12H,8-11H2,1-2H3,(H,18,23). The second-order valence-electron chi connectivity index (χ2n) is 5.75. The van der Waals surface area contributed by atoms with Crippen molar-refractivity contribution in [2.75, 3.05) is 50.6 Å². The van der Waals surface area contributed by atoms with Crippen molar-refractivity contribution < 1.29 is 9.53 Å². The molecule has 2 heterocycles. The fourth-order valence-electron chi connectivity index (χ4n) is 2.55. The van der Waals surface area contributed by atoms with Crippen molar-refractivity contribution in [3.63, 3.8) is 0 Å². The van der Waals surface area contributed by atoms with Crippen LogP contribution in [0.4, 0.5) is 11.5 Å². The molecule has 1 fully saturated rings. The number of amides is 1. The van der Waals surface area contributed by atoms with E-state index in [-0.39, 0.29) is 11.6 Å². The lowest BCUT2D eigenvalue weighted by Crippen LogP contribution is -2.44. The van der Waals surface area contributed by atoms with Crippen molar-refractivity contribution in [2.24, 2.45) is 0 Å². The number of piperazine rings is 1. The first-order chi connectivity index (χ1) is 11.7. The summed E-state index contributed by atoms with van der Waals surface area (Å²) in [6.45, 7) is 3.83. The summed E-state index contributed by atoms with van der Waals surface area (Å²) in [5.74, 6) is 1.20. The molecule has 2 aromatic rings. The molecular weight excluding hydrogens is 306 g/mol. The van der Waals surface area contributed by atoms with E-state index in [0.717, 1.165) is 32.0 Å². The van der Waals surface area contributed by atoms with Crippen LogP contribution < -0.4 is 15.0 Å². The van der Waals surface area contributed by atoms with Crippen LogP contribution in [0.15, 0.2) is 36.4 Å². The zero-order valence-electron chi connectivity index (χ0n) is 13.9. The van der Waals surface area contributed by atoms with Gasteiger partial charge in [0.1, 0.15) is 5.75 Å². The lowest BCUT2D eigenvalue weighted by atomic mass is 10.2. The molecule has 0 spiro atoms. The third kappa shape index (κ3) is 3.80. The largest absolute Gasteiger partial charge is 0.497 e. The summed E-state index contributed by atoms with van der Waals surface area (Å²) < 4.78 is 5.14. The number of hydrogen-bond donors (Lipinski definition) is 1. The van der Waals surface area contributed by atoms with E-state index >= 15 is 0 Å². The minimum absolute atomic E-state index is 0.288. The fraction of sp³-hybridized carbons (Fsp3) is 0.353. The quantitative estimate of drug-likeness (QED) is 0.917. The Morgan fingerprint density at radius 1 is 1.12 bits per heavy atom. The van der Waals surface area contributed by atoms with Crippen LogP contribution >= 0.6 is 0 Å². The molecule has 126 valence electrons. The molecule has 0 aliphatic carbocycles. The van der Waals surface area contributed by atoms with Gasteiger partial charge in [0.05, 0.1) is 7.11 Å². The highest BCUT2D eigenvalue weighted by Crippen LogP contribution is 2.18. The lowest BCUT2D eigenvalue weighted by molar-refractivity contribution is 0.102. The van der Waals surface area contributed by atoms with Gasteiger partial charge in [-0.05, 0) is 31.3 Å². The number of likely N-dealkylation sites (N-methyl/N-ethyl adjacent to an activating group) is 1. The molecule has 3 rings (SSSR count). The molecule has 1 saturated heterocycles. The number of nitrogens with one attached hydrogen (secondary N) is 1. The molecule has 0 unspecified atom stereocenters. The van der Waals surface area contributed by atoms with Gasteiger partial charge in [0.15, 0.2) is 11.5 Å². The van der Waals surface area contributed by atoms with Crippen LogP contribution in [0.2, 0.25) is 0 Å². The highest BCUT2D eigenvalue weighted by Gasteiger charge is 2.16. The average Bonchev–Trinajstić information content (AvgIpc) is 2.62. The Balaban J connectivity index is 1.65. The highest BCUT2D eigenvalue weighted by atomic mass is 16.5. The van der Waals surface area contributed by atoms with Gasteiger partial charge >= 0.3 is 0 Å². The summed E-state index contributed by atoms with van der Waals surface area (Å²) in [6.07, 6.45) is 0. The van der Waals surface area contributed by atoms with Crippen molar-refractivity contribution in [1.82, 2.24) is 15.1 Å². The maximum absolute atomic E-state index is 12.3. The molecule has 1 amide bonds. The molecule has 0 radical (unpaired) electrons. The average molecular weight is 327 g/mol. The van der Waals surface area contributed by atoms with E-state index in [4.69, 9.17) is 4.74 Å². The molecular formula is C17H21N5O2. The first-order valence-electron chi connectivity index (χ1n) is 7.88. The molecule has 0 saturated carbocycles. The van der Waals surface area contributed by atoms with Gasteiger partial charge in [0, 0.05) is 37.9 Å². The van der Waals surface area contributed by atoms with Crippen LogP contribution in [0.3, 0.4) is 0 Å². The zero-order valence-corrected chi connectivity index (χ0v) is 13.9. The minimum Gasteiger partial charge on any atom is -0.497 e. The molecule has 1 aromatic carbocycles. The number of anilines is 2. The van der Waals surface area contributed by atoms with Crippen molar-refractivity contribution >= 4 is 17.4 Å². The zero-order chi connectivity index (χ0) is 16.9. The molecule has 7 nitrogen and oxygen atoms in total. The lowest BCUT2D eigenvalue weighted by Gasteiger charge is -2.32. The maximum atomic E-state index is 12.3. The molecule has 1 N–H and O–H groups in total. The Morgan fingerprint density at radius 2 is 1.92 bits per heavy atom. The normalized spacial score (nSPS) is 15.2. The van der Waals surface area contributed by atoms with Crippen LogP contribution in [-0.2, 0) is 0 Å². The summed E-state index contributed by atoms with van der Waals surface area (Å²) in [4.78, 5) is 16.7. The summed E-state index contributed by atoms with van der Waals surface area (Å²) in [6, 6.07) is 10.7. The third-order valence-corrected chi connectivity index (χ3v) is 4.04. The van der Waals surface area contributed by atoms with Crippen LogP contribution in [0, 0.1) is 0 Å². The molecule has 1 aliphatic heterocycles. The number of aromatic nitrogens is 2. The Hall–Kier alpha value is -2.67. The predicted molar refractivity (Wildman–Crippen MR) is 92.7 cm³/mol. The molecule has 7 heteroatoms. The van der Waals surface area contributed by atoms with Gasteiger partial charge in [-0.25, -0.2) is 0 Å². The summed E-state index contributed by atoms with van der Waals surface area (Å²) in [7, 11) is 3.69. The molecule has 24 heavy (non-hydrogen) atoms. The van der Waals surface area contributed by atoms with E-state index in [0.29, 0.717) is 11.4 Å². The SMILES string of the molecule is COc1cccc(NC(=O)c2ccc(N3CCN(C)CC3)nn2)c1. The third-order valence-electron chi connectivity index (χ3n) is 4.04. The number of carbonyl (C=O) groups excluding carboxylic acids is 1. The van der Waals surface area contributed by atoms with E-state index < -0.39 is 0 Å².